The van der Waals surface area contributed by atoms with Crippen LogP contribution in [0.1, 0.15) is 29.4 Å². The van der Waals surface area contributed by atoms with Gasteiger partial charge in [0.15, 0.2) is 0 Å². The smallest absolute Gasteiger partial charge is 0.341 e. The number of hydrogen-bond donors (Lipinski definition) is 0. The molecule has 106 valence electrons. The van der Waals surface area contributed by atoms with Crippen molar-refractivity contribution in [2.24, 2.45) is 0 Å². The number of carbonyl (C=O) groups excluding carboxylic acids is 1. The van der Waals surface area contributed by atoms with Gasteiger partial charge >= 0.3 is 5.97 Å². The van der Waals surface area contributed by atoms with Crippen molar-refractivity contribution >= 4 is 17.6 Å². The summed E-state index contributed by atoms with van der Waals surface area (Å²) in [7, 11) is 1.37. The van der Waals surface area contributed by atoms with E-state index in [1.54, 1.807) is 0 Å². The molecule has 1 aromatic heterocycles. The molecule has 0 atom stereocenters. The number of esters is 1. The lowest BCUT2D eigenvalue weighted by Crippen LogP contribution is -2.05. The molecule has 0 N–H and O–H groups in total. The third-order valence-electron chi connectivity index (χ3n) is 3.35. The lowest BCUT2D eigenvalue weighted by Gasteiger charge is -2.10. The second-order valence-electron chi connectivity index (χ2n) is 4.63. The second-order valence-corrected chi connectivity index (χ2v) is 5.01. The number of benzene rings is 1. The van der Waals surface area contributed by atoms with Crippen LogP contribution < -0.4 is 0 Å². The van der Waals surface area contributed by atoms with E-state index in [1.165, 1.54) is 7.11 Å². The van der Waals surface area contributed by atoms with Crippen molar-refractivity contribution in [3.05, 3.63) is 46.6 Å². The monoisotopic (exact) mass is 291 g/mol. The zero-order valence-corrected chi connectivity index (χ0v) is 12.7. The van der Waals surface area contributed by atoms with Gasteiger partial charge in [-0.05, 0) is 18.9 Å². The van der Waals surface area contributed by atoms with Crippen molar-refractivity contribution in [1.29, 1.82) is 0 Å². The molecular weight excluding hydrogens is 274 g/mol. The van der Waals surface area contributed by atoms with Crippen molar-refractivity contribution in [1.82, 2.24) is 4.57 Å². The topological polar surface area (TPSA) is 31.2 Å². The van der Waals surface area contributed by atoms with E-state index in [0.717, 1.165) is 29.9 Å². The van der Waals surface area contributed by atoms with E-state index in [9.17, 15) is 4.79 Å². The zero-order chi connectivity index (χ0) is 14.7. The molecule has 0 radical (unpaired) electrons. The van der Waals surface area contributed by atoms with Gasteiger partial charge in [0.05, 0.1) is 23.4 Å². The average Bonchev–Trinajstić information content (AvgIpc) is 2.71. The number of methoxy groups -OCH3 is 1. The van der Waals surface area contributed by atoms with Gasteiger partial charge in [-0.15, -0.1) is 0 Å². The highest BCUT2D eigenvalue weighted by atomic mass is 35.5. The average molecular weight is 292 g/mol. The quantitative estimate of drug-likeness (QED) is 0.786. The highest BCUT2D eigenvalue weighted by molar-refractivity contribution is 6.36. The van der Waals surface area contributed by atoms with Gasteiger partial charge in [-0.1, -0.05) is 48.9 Å². The van der Waals surface area contributed by atoms with Crippen LogP contribution in [0.4, 0.5) is 0 Å². The SMILES string of the molecule is CCCn1c(C)c(C(=O)OC)c(Cl)c1-c1ccccc1. The molecule has 2 rings (SSSR count). The molecule has 4 heteroatoms. The molecule has 0 amide bonds. The Labute approximate surface area is 124 Å². The molecule has 0 aliphatic rings. The number of halogens is 1. The first-order valence-electron chi connectivity index (χ1n) is 6.64. The molecule has 3 nitrogen and oxygen atoms in total. The van der Waals surface area contributed by atoms with Gasteiger partial charge in [0, 0.05) is 12.2 Å². The van der Waals surface area contributed by atoms with Crippen molar-refractivity contribution in [3.63, 3.8) is 0 Å². The summed E-state index contributed by atoms with van der Waals surface area (Å²) in [6.07, 6.45) is 0.965. The van der Waals surface area contributed by atoms with Gasteiger partial charge in [0.1, 0.15) is 0 Å². The maximum atomic E-state index is 11.9. The van der Waals surface area contributed by atoms with Gasteiger partial charge in [-0.2, -0.15) is 0 Å². The Morgan fingerprint density at radius 2 is 1.95 bits per heavy atom. The minimum atomic E-state index is -0.389. The van der Waals surface area contributed by atoms with Crippen molar-refractivity contribution in [2.75, 3.05) is 7.11 Å². The predicted octanol–water partition coefficient (Wildman–Crippen LogP) is 4.31. The van der Waals surface area contributed by atoms with Crippen molar-refractivity contribution in [2.45, 2.75) is 26.8 Å². The highest BCUT2D eigenvalue weighted by Gasteiger charge is 2.24. The number of hydrogen-bond acceptors (Lipinski definition) is 2. The number of rotatable bonds is 4. The first kappa shape index (κ1) is 14.7. The summed E-state index contributed by atoms with van der Waals surface area (Å²) in [6.45, 7) is 4.81. The van der Waals surface area contributed by atoms with E-state index in [1.807, 2.05) is 37.3 Å². The summed E-state index contributed by atoms with van der Waals surface area (Å²) >= 11 is 6.46. The van der Waals surface area contributed by atoms with Crippen molar-refractivity contribution in [3.8, 4) is 11.3 Å². The molecule has 0 aliphatic heterocycles. The Kier molecular flexibility index (Phi) is 4.50. The summed E-state index contributed by atoms with van der Waals surface area (Å²) in [4.78, 5) is 11.9. The zero-order valence-electron chi connectivity index (χ0n) is 11.9. The summed E-state index contributed by atoms with van der Waals surface area (Å²) in [6, 6.07) is 9.87. The van der Waals surface area contributed by atoms with Crippen LogP contribution in [0.15, 0.2) is 30.3 Å². The lowest BCUT2D eigenvalue weighted by atomic mass is 10.1. The predicted molar refractivity (Wildman–Crippen MR) is 81.2 cm³/mol. The van der Waals surface area contributed by atoms with Gasteiger partial charge in [0.25, 0.3) is 0 Å². The van der Waals surface area contributed by atoms with E-state index in [4.69, 9.17) is 16.3 Å². The summed E-state index contributed by atoms with van der Waals surface area (Å²) in [5.41, 5.74) is 3.19. The molecule has 20 heavy (non-hydrogen) atoms. The Hall–Kier alpha value is -1.74. The summed E-state index contributed by atoms with van der Waals surface area (Å²) < 4.78 is 6.93. The van der Waals surface area contributed by atoms with Crippen LogP contribution in [0.3, 0.4) is 0 Å². The number of carbonyl (C=O) groups is 1. The van der Waals surface area contributed by atoms with Crippen LogP contribution in [0.25, 0.3) is 11.3 Å². The van der Waals surface area contributed by atoms with E-state index in [0.29, 0.717) is 10.6 Å². The first-order valence-corrected chi connectivity index (χ1v) is 7.01. The van der Waals surface area contributed by atoms with E-state index in [-0.39, 0.29) is 5.97 Å². The van der Waals surface area contributed by atoms with Crippen molar-refractivity contribution < 1.29 is 9.53 Å². The lowest BCUT2D eigenvalue weighted by molar-refractivity contribution is 0.0600. The Balaban J connectivity index is 2.69. The highest BCUT2D eigenvalue weighted by Crippen LogP contribution is 2.36. The number of aromatic nitrogens is 1. The fourth-order valence-corrected chi connectivity index (χ4v) is 2.84. The Morgan fingerprint density at radius 1 is 1.30 bits per heavy atom. The number of nitrogens with zero attached hydrogens (tertiary/aromatic N) is 1. The van der Waals surface area contributed by atoms with Gasteiger partial charge in [-0.25, -0.2) is 4.79 Å². The van der Waals surface area contributed by atoms with E-state index in [2.05, 4.69) is 11.5 Å². The molecular formula is C16H18ClNO2. The molecule has 1 aromatic carbocycles. The third kappa shape index (κ3) is 2.46. The molecule has 0 bridgehead atoms. The minimum absolute atomic E-state index is 0.389. The molecule has 0 saturated carbocycles. The molecule has 0 spiro atoms. The second kappa shape index (κ2) is 6.14. The molecule has 0 fully saturated rings. The largest absolute Gasteiger partial charge is 0.465 e. The molecule has 0 saturated heterocycles. The molecule has 2 aromatic rings. The van der Waals surface area contributed by atoms with E-state index < -0.39 is 0 Å². The van der Waals surface area contributed by atoms with Crippen LogP contribution in [0, 0.1) is 6.92 Å². The van der Waals surface area contributed by atoms with E-state index >= 15 is 0 Å². The fourth-order valence-electron chi connectivity index (χ4n) is 2.42. The normalized spacial score (nSPS) is 10.6. The molecule has 0 aliphatic carbocycles. The molecule has 1 heterocycles. The first-order chi connectivity index (χ1) is 9.61. The van der Waals surface area contributed by atoms with Crippen LogP contribution in [0.5, 0.6) is 0 Å². The molecule has 0 unspecified atom stereocenters. The Morgan fingerprint density at radius 3 is 2.50 bits per heavy atom. The van der Waals surface area contributed by atoms with Crippen LogP contribution >= 0.6 is 11.6 Å². The van der Waals surface area contributed by atoms with Crippen LogP contribution in [0.2, 0.25) is 5.02 Å². The minimum Gasteiger partial charge on any atom is -0.465 e. The fraction of sp³-hybridized carbons (Fsp3) is 0.312. The maximum Gasteiger partial charge on any atom is 0.341 e. The van der Waals surface area contributed by atoms with Crippen LogP contribution in [-0.4, -0.2) is 17.6 Å². The number of ether oxygens (including phenoxy) is 1. The van der Waals surface area contributed by atoms with Gasteiger partial charge in [-0.3, -0.25) is 0 Å². The third-order valence-corrected chi connectivity index (χ3v) is 3.72. The standard InChI is InChI=1S/C16H18ClNO2/c1-4-10-18-11(2)13(16(19)20-3)14(17)15(18)12-8-6-5-7-9-12/h5-9H,4,10H2,1-3H3. The maximum absolute atomic E-state index is 11.9. The van der Waals surface area contributed by atoms with Crippen LogP contribution in [-0.2, 0) is 11.3 Å². The van der Waals surface area contributed by atoms with Gasteiger partial charge < -0.3 is 9.30 Å². The summed E-state index contributed by atoms with van der Waals surface area (Å²) in [5.74, 6) is -0.389. The summed E-state index contributed by atoms with van der Waals surface area (Å²) in [5, 5.41) is 0.467. The Bertz CT molecular complexity index is 617. The van der Waals surface area contributed by atoms with Gasteiger partial charge in [0.2, 0.25) is 0 Å².